The highest BCUT2D eigenvalue weighted by molar-refractivity contribution is 5.91. The van der Waals surface area contributed by atoms with Gasteiger partial charge in [0, 0.05) is 19.1 Å². The average Bonchev–Trinajstić information content (AvgIpc) is 3.33. The van der Waals surface area contributed by atoms with Crippen LogP contribution in [0.2, 0.25) is 0 Å². The van der Waals surface area contributed by atoms with Crippen molar-refractivity contribution in [3.05, 3.63) is 77.0 Å². The molecule has 0 saturated heterocycles. The minimum absolute atomic E-state index is 0.231. The summed E-state index contributed by atoms with van der Waals surface area (Å²) in [6, 6.07) is 14.7. The van der Waals surface area contributed by atoms with Crippen molar-refractivity contribution in [2.45, 2.75) is 45.4 Å². The first-order valence-electron chi connectivity index (χ1n) is 10.5. The van der Waals surface area contributed by atoms with E-state index in [-0.39, 0.29) is 12.7 Å². The van der Waals surface area contributed by atoms with Gasteiger partial charge in [0.25, 0.3) is 5.91 Å². The predicted octanol–water partition coefficient (Wildman–Crippen LogP) is 3.81. The van der Waals surface area contributed by atoms with Gasteiger partial charge in [-0.25, -0.2) is 4.98 Å². The number of oxazole rings is 1. The quantitative estimate of drug-likeness (QED) is 0.598. The van der Waals surface area contributed by atoms with Crippen molar-refractivity contribution in [3.63, 3.8) is 0 Å². The van der Waals surface area contributed by atoms with E-state index in [1.165, 1.54) is 30.2 Å². The number of aryl methyl sites for hydroxylation is 1. The Bertz CT molecular complexity index is 1090. The van der Waals surface area contributed by atoms with Crippen LogP contribution in [-0.4, -0.2) is 28.6 Å². The fourth-order valence-electron chi connectivity index (χ4n) is 3.78. The summed E-state index contributed by atoms with van der Waals surface area (Å²) in [7, 11) is 0. The molecule has 3 aromatic rings. The zero-order chi connectivity index (χ0) is 21.2. The lowest BCUT2D eigenvalue weighted by Gasteiger charge is -2.20. The van der Waals surface area contributed by atoms with Gasteiger partial charge in [-0.1, -0.05) is 35.9 Å². The van der Waals surface area contributed by atoms with E-state index < -0.39 is 0 Å². The van der Waals surface area contributed by atoms with E-state index >= 15 is 0 Å². The Morgan fingerprint density at radius 2 is 1.97 bits per heavy atom. The molecule has 2 aliphatic rings. The van der Waals surface area contributed by atoms with Gasteiger partial charge in [-0.15, -0.1) is 0 Å². The molecule has 1 aliphatic carbocycles. The second-order valence-electron chi connectivity index (χ2n) is 8.12. The van der Waals surface area contributed by atoms with E-state index in [1.54, 1.807) is 0 Å². The molecule has 31 heavy (non-hydrogen) atoms. The maximum Gasteiger partial charge on any atom is 0.273 e. The highest BCUT2D eigenvalue weighted by Crippen LogP contribution is 2.32. The number of nitrogens with one attached hydrogen (secondary N) is 1. The lowest BCUT2D eigenvalue weighted by Crippen LogP contribution is -2.26. The van der Waals surface area contributed by atoms with Gasteiger partial charge in [-0.05, 0) is 43.0 Å². The summed E-state index contributed by atoms with van der Waals surface area (Å²) in [5, 5.41) is 2.88. The minimum Gasteiger partial charge on any atom is -0.454 e. The summed E-state index contributed by atoms with van der Waals surface area (Å²) >= 11 is 0. The van der Waals surface area contributed by atoms with Crippen LogP contribution in [0.15, 0.2) is 53.1 Å². The molecular weight excluding hydrogens is 394 g/mol. The largest absolute Gasteiger partial charge is 0.454 e. The van der Waals surface area contributed by atoms with E-state index in [9.17, 15) is 4.79 Å². The molecule has 1 saturated carbocycles. The molecule has 160 valence electrons. The molecule has 5 rings (SSSR count). The zero-order valence-corrected chi connectivity index (χ0v) is 17.5. The fourth-order valence-corrected chi connectivity index (χ4v) is 3.78. The smallest absolute Gasteiger partial charge is 0.273 e. The number of rotatable bonds is 8. The van der Waals surface area contributed by atoms with Gasteiger partial charge in [-0.3, -0.25) is 9.69 Å². The molecule has 0 bridgehead atoms. The van der Waals surface area contributed by atoms with E-state index in [2.05, 4.69) is 46.4 Å². The number of amides is 1. The van der Waals surface area contributed by atoms with Crippen LogP contribution in [0.4, 0.5) is 0 Å². The van der Waals surface area contributed by atoms with Crippen molar-refractivity contribution >= 4 is 5.91 Å². The monoisotopic (exact) mass is 419 g/mol. The maximum atomic E-state index is 12.5. The molecule has 1 aliphatic heterocycles. The van der Waals surface area contributed by atoms with E-state index in [0.717, 1.165) is 17.9 Å². The first-order valence-corrected chi connectivity index (χ1v) is 10.5. The topological polar surface area (TPSA) is 76.8 Å². The maximum absolute atomic E-state index is 12.5. The van der Waals surface area contributed by atoms with Crippen LogP contribution in [0.5, 0.6) is 11.5 Å². The predicted molar refractivity (Wildman–Crippen MR) is 114 cm³/mol. The first-order chi connectivity index (χ1) is 15.1. The van der Waals surface area contributed by atoms with Crippen molar-refractivity contribution in [1.82, 2.24) is 15.2 Å². The Morgan fingerprint density at radius 1 is 1.10 bits per heavy atom. The summed E-state index contributed by atoms with van der Waals surface area (Å²) < 4.78 is 16.3. The lowest BCUT2D eigenvalue weighted by atomic mass is 10.1. The molecule has 2 aromatic carbocycles. The van der Waals surface area contributed by atoms with E-state index in [4.69, 9.17) is 13.9 Å². The third-order valence-corrected chi connectivity index (χ3v) is 5.54. The number of ether oxygens (including phenoxy) is 2. The molecule has 1 fully saturated rings. The normalized spacial score (nSPS) is 14.8. The molecule has 2 heterocycles. The van der Waals surface area contributed by atoms with Crippen LogP contribution < -0.4 is 14.8 Å². The molecule has 0 atom stereocenters. The Kier molecular flexibility index (Phi) is 5.34. The molecule has 1 N–H and O–H groups in total. The Morgan fingerprint density at radius 3 is 2.81 bits per heavy atom. The van der Waals surface area contributed by atoms with Gasteiger partial charge in [0.2, 0.25) is 12.7 Å². The van der Waals surface area contributed by atoms with Crippen LogP contribution in [0, 0.1) is 6.92 Å². The summed E-state index contributed by atoms with van der Waals surface area (Å²) in [5.41, 5.74) is 3.76. The SMILES string of the molecule is Cc1cccc(CN(Cc2nc(C(=O)NCc3ccc4c(c3)OCO4)co2)C2CC2)c1. The Labute approximate surface area is 181 Å². The average molecular weight is 419 g/mol. The minimum atomic E-state index is -0.260. The molecule has 0 radical (unpaired) electrons. The number of carbonyl (C=O) groups is 1. The van der Waals surface area contributed by atoms with E-state index in [1.807, 2.05) is 18.2 Å². The molecule has 0 spiro atoms. The highest BCUT2D eigenvalue weighted by atomic mass is 16.7. The number of nitrogens with zero attached hydrogens (tertiary/aromatic N) is 2. The fraction of sp³-hybridized carbons (Fsp3) is 0.333. The number of aromatic nitrogens is 1. The van der Waals surface area contributed by atoms with Crippen LogP contribution >= 0.6 is 0 Å². The lowest BCUT2D eigenvalue weighted by molar-refractivity contribution is 0.0945. The number of carbonyl (C=O) groups excluding carboxylic acids is 1. The third-order valence-electron chi connectivity index (χ3n) is 5.54. The Balaban J connectivity index is 1.19. The van der Waals surface area contributed by atoms with Gasteiger partial charge in [-0.2, -0.15) is 0 Å². The number of hydrogen-bond donors (Lipinski definition) is 1. The number of benzene rings is 2. The van der Waals surface area contributed by atoms with Crippen molar-refractivity contribution in [3.8, 4) is 11.5 Å². The molecule has 0 unspecified atom stereocenters. The van der Waals surface area contributed by atoms with Crippen LogP contribution in [0.3, 0.4) is 0 Å². The van der Waals surface area contributed by atoms with Crippen LogP contribution in [0.1, 0.15) is 45.9 Å². The standard InChI is InChI=1S/C24H25N3O4/c1-16-3-2-4-18(9-16)12-27(19-6-7-19)13-23-26-20(14-29-23)24(28)25-11-17-5-8-21-22(10-17)31-15-30-21/h2-5,8-10,14,19H,6-7,11-13,15H2,1H3,(H,25,28). The van der Waals surface area contributed by atoms with Crippen LogP contribution in [-0.2, 0) is 19.6 Å². The summed E-state index contributed by atoms with van der Waals surface area (Å²) in [6.07, 6.45) is 3.81. The van der Waals surface area contributed by atoms with Gasteiger partial charge in [0.1, 0.15) is 6.26 Å². The molecule has 7 nitrogen and oxygen atoms in total. The van der Waals surface area contributed by atoms with Crippen molar-refractivity contribution in [1.29, 1.82) is 0 Å². The van der Waals surface area contributed by atoms with E-state index in [0.29, 0.717) is 36.5 Å². The molecule has 1 aromatic heterocycles. The molecule has 1 amide bonds. The first kappa shape index (κ1) is 19.6. The summed E-state index contributed by atoms with van der Waals surface area (Å²) in [6.45, 7) is 4.15. The van der Waals surface area contributed by atoms with Gasteiger partial charge in [0.05, 0.1) is 6.54 Å². The second kappa shape index (κ2) is 8.43. The number of fused-ring (bicyclic) bond motifs is 1. The molecule has 7 heteroatoms. The summed E-state index contributed by atoms with van der Waals surface area (Å²) in [5.74, 6) is 1.73. The Hall–Kier alpha value is -3.32. The number of hydrogen-bond acceptors (Lipinski definition) is 6. The van der Waals surface area contributed by atoms with Gasteiger partial charge < -0.3 is 19.2 Å². The van der Waals surface area contributed by atoms with Crippen molar-refractivity contribution < 1.29 is 18.7 Å². The summed E-state index contributed by atoms with van der Waals surface area (Å²) in [4.78, 5) is 19.3. The third kappa shape index (κ3) is 4.72. The second-order valence-corrected chi connectivity index (χ2v) is 8.12. The zero-order valence-electron chi connectivity index (χ0n) is 17.5. The van der Waals surface area contributed by atoms with Gasteiger partial charge in [0.15, 0.2) is 17.2 Å². The highest BCUT2D eigenvalue weighted by Gasteiger charge is 2.30. The molecular formula is C24H25N3O4. The van der Waals surface area contributed by atoms with Gasteiger partial charge >= 0.3 is 0 Å². The van der Waals surface area contributed by atoms with Crippen molar-refractivity contribution in [2.24, 2.45) is 0 Å². The van der Waals surface area contributed by atoms with Crippen LogP contribution in [0.25, 0.3) is 0 Å². The van der Waals surface area contributed by atoms with Crippen molar-refractivity contribution in [2.75, 3.05) is 6.79 Å².